The van der Waals surface area contributed by atoms with Crippen LogP contribution in [0.4, 0.5) is 0 Å². The Labute approximate surface area is 77.1 Å². The summed E-state index contributed by atoms with van der Waals surface area (Å²) >= 11 is 0. The number of hydrogen-bond donors (Lipinski definition) is 1. The molecule has 13 heavy (non-hydrogen) atoms. The van der Waals surface area contributed by atoms with Gasteiger partial charge in [-0.25, -0.2) is 0 Å². The summed E-state index contributed by atoms with van der Waals surface area (Å²) in [6.07, 6.45) is 3.09. The first-order chi connectivity index (χ1) is 6.05. The molecule has 0 spiro atoms. The van der Waals surface area contributed by atoms with Crippen LogP contribution in [0.1, 0.15) is 32.6 Å². The van der Waals surface area contributed by atoms with Gasteiger partial charge in [0.05, 0.1) is 0 Å². The van der Waals surface area contributed by atoms with E-state index in [-0.39, 0.29) is 17.9 Å². The Hall–Kier alpha value is -1.06. The molecule has 0 unspecified atom stereocenters. The summed E-state index contributed by atoms with van der Waals surface area (Å²) in [5, 5.41) is 0. The number of likely N-dealkylation sites (tertiary alicyclic amines) is 1. The van der Waals surface area contributed by atoms with E-state index in [0.717, 1.165) is 12.8 Å². The summed E-state index contributed by atoms with van der Waals surface area (Å²) in [6.45, 7) is 1.78. The van der Waals surface area contributed by atoms with Crippen molar-refractivity contribution in [3.63, 3.8) is 0 Å². The van der Waals surface area contributed by atoms with Gasteiger partial charge in [0.25, 0.3) is 0 Å². The van der Waals surface area contributed by atoms with Gasteiger partial charge in [-0.1, -0.05) is 0 Å². The largest absolute Gasteiger partial charge is 0.368 e. The number of carbonyl (C=O) groups excluding carboxylic acids is 2. The summed E-state index contributed by atoms with van der Waals surface area (Å²) < 4.78 is 0. The first-order valence-electron chi connectivity index (χ1n) is 4.68. The Morgan fingerprint density at radius 2 is 2.23 bits per heavy atom. The second-order valence-electron chi connectivity index (χ2n) is 4.13. The lowest BCUT2D eigenvalue weighted by molar-refractivity contribution is -0.139. The maximum atomic E-state index is 11.5. The Morgan fingerprint density at radius 1 is 1.62 bits per heavy atom. The molecule has 0 aromatic carbocycles. The summed E-state index contributed by atoms with van der Waals surface area (Å²) in [4.78, 5) is 24.4. The molecule has 1 atom stereocenters. The predicted molar refractivity (Wildman–Crippen MR) is 46.7 cm³/mol. The molecule has 1 aliphatic carbocycles. The van der Waals surface area contributed by atoms with Gasteiger partial charge in [-0.15, -0.1) is 0 Å². The topological polar surface area (TPSA) is 63.4 Å². The Morgan fingerprint density at radius 3 is 2.69 bits per heavy atom. The fraction of sp³-hybridized carbons (Fsp3) is 0.778. The molecule has 0 bridgehead atoms. The first kappa shape index (κ1) is 8.53. The van der Waals surface area contributed by atoms with Gasteiger partial charge in [-0.2, -0.15) is 0 Å². The van der Waals surface area contributed by atoms with E-state index >= 15 is 0 Å². The van der Waals surface area contributed by atoms with Crippen LogP contribution in [-0.2, 0) is 9.59 Å². The van der Waals surface area contributed by atoms with Crippen molar-refractivity contribution in [3.8, 4) is 0 Å². The summed E-state index contributed by atoms with van der Waals surface area (Å²) in [5.74, 6) is -0.283. The average molecular weight is 182 g/mol. The van der Waals surface area contributed by atoms with E-state index in [4.69, 9.17) is 5.73 Å². The number of amides is 2. The van der Waals surface area contributed by atoms with Crippen molar-refractivity contribution in [2.45, 2.75) is 44.2 Å². The highest BCUT2D eigenvalue weighted by atomic mass is 16.2. The lowest BCUT2D eigenvalue weighted by atomic mass is 9.98. The summed E-state index contributed by atoms with van der Waals surface area (Å²) in [7, 11) is 0. The molecule has 2 fully saturated rings. The molecule has 0 radical (unpaired) electrons. The molecule has 2 amide bonds. The number of primary amides is 1. The van der Waals surface area contributed by atoms with Crippen LogP contribution in [0, 0.1) is 0 Å². The third-order valence-corrected chi connectivity index (χ3v) is 3.07. The third kappa shape index (κ3) is 1.12. The molecule has 4 nitrogen and oxygen atoms in total. The SMILES string of the molecule is C[C@]1(C(N)=O)CCC(=O)N1C1CC1. The van der Waals surface area contributed by atoms with Gasteiger partial charge in [0.1, 0.15) is 5.54 Å². The molecule has 2 N–H and O–H groups in total. The second-order valence-corrected chi connectivity index (χ2v) is 4.13. The third-order valence-electron chi connectivity index (χ3n) is 3.07. The van der Waals surface area contributed by atoms with Crippen LogP contribution in [0.2, 0.25) is 0 Å². The van der Waals surface area contributed by atoms with Crippen LogP contribution >= 0.6 is 0 Å². The zero-order valence-corrected chi connectivity index (χ0v) is 7.75. The van der Waals surface area contributed by atoms with E-state index in [1.54, 1.807) is 11.8 Å². The Bertz CT molecular complexity index is 273. The van der Waals surface area contributed by atoms with Gasteiger partial charge in [-0.3, -0.25) is 9.59 Å². The Kier molecular flexibility index (Phi) is 1.62. The monoisotopic (exact) mass is 182 g/mol. The molecule has 1 aliphatic heterocycles. The highest BCUT2D eigenvalue weighted by molar-refractivity contribution is 5.93. The highest BCUT2D eigenvalue weighted by Crippen LogP contribution is 2.39. The Balaban J connectivity index is 2.27. The average Bonchev–Trinajstić information content (AvgIpc) is 2.81. The number of hydrogen-bond acceptors (Lipinski definition) is 2. The lowest BCUT2D eigenvalue weighted by Gasteiger charge is -2.32. The zero-order valence-electron chi connectivity index (χ0n) is 7.75. The zero-order chi connectivity index (χ0) is 9.64. The van der Waals surface area contributed by atoms with E-state index in [2.05, 4.69) is 0 Å². The van der Waals surface area contributed by atoms with E-state index in [9.17, 15) is 9.59 Å². The normalized spacial score (nSPS) is 33.9. The minimum atomic E-state index is -0.710. The van der Waals surface area contributed by atoms with Crippen molar-refractivity contribution in [3.05, 3.63) is 0 Å². The van der Waals surface area contributed by atoms with E-state index in [1.807, 2.05) is 0 Å². The van der Waals surface area contributed by atoms with Gasteiger partial charge >= 0.3 is 0 Å². The number of rotatable bonds is 2. The lowest BCUT2D eigenvalue weighted by Crippen LogP contribution is -2.53. The smallest absolute Gasteiger partial charge is 0.243 e. The number of nitrogens with two attached hydrogens (primary N) is 1. The summed E-state index contributed by atoms with van der Waals surface area (Å²) in [6, 6.07) is 0.285. The van der Waals surface area contributed by atoms with Crippen molar-refractivity contribution in [1.29, 1.82) is 0 Å². The van der Waals surface area contributed by atoms with Crippen LogP contribution in [0.15, 0.2) is 0 Å². The second kappa shape index (κ2) is 2.47. The first-order valence-corrected chi connectivity index (χ1v) is 4.68. The fourth-order valence-corrected chi connectivity index (χ4v) is 2.05. The van der Waals surface area contributed by atoms with Crippen molar-refractivity contribution in [1.82, 2.24) is 4.90 Å². The van der Waals surface area contributed by atoms with Gasteiger partial charge in [0, 0.05) is 12.5 Å². The van der Waals surface area contributed by atoms with Crippen LogP contribution in [0.25, 0.3) is 0 Å². The van der Waals surface area contributed by atoms with E-state index in [1.165, 1.54) is 0 Å². The molecule has 0 aromatic rings. The maximum absolute atomic E-state index is 11.5. The number of nitrogens with zero attached hydrogens (tertiary/aromatic N) is 1. The van der Waals surface area contributed by atoms with Crippen LogP contribution in [-0.4, -0.2) is 28.3 Å². The molecule has 1 saturated carbocycles. The van der Waals surface area contributed by atoms with E-state index in [0.29, 0.717) is 12.8 Å². The van der Waals surface area contributed by atoms with Gasteiger partial charge in [0.15, 0.2) is 0 Å². The molecular formula is C9H14N2O2. The number of carbonyl (C=O) groups is 2. The highest BCUT2D eigenvalue weighted by Gasteiger charge is 2.51. The van der Waals surface area contributed by atoms with Crippen molar-refractivity contribution in [2.24, 2.45) is 5.73 Å². The minimum Gasteiger partial charge on any atom is -0.368 e. The van der Waals surface area contributed by atoms with Crippen molar-refractivity contribution in [2.75, 3.05) is 0 Å². The summed E-state index contributed by atoms with van der Waals surface area (Å²) in [5.41, 5.74) is 4.61. The van der Waals surface area contributed by atoms with Gasteiger partial charge in [-0.05, 0) is 26.2 Å². The van der Waals surface area contributed by atoms with Crippen molar-refractivity contribution < 1.29 is 9.59 Å². The molecular weight excluding hydrogens is 168 g/mol. The molecule has 1 heterocycles. The van der Waals surface area contributed by atoms with Gasteiger partial charge < -0.3 is 10.6 Å². The maximum Gasteiger partial charge on any atom is 0.243 e. The quantitative estimate of drug-likeness (QED) is 0.654. The molecule has 2 aliphatic rings. The minimum absolute atomic E-state index is 0.0869. The van der Waals surface area contributed by atoms with E-state index < -0.39 is 5.54 Å². The molecule has 0 aromatic heterocycles. The molecule has 4 heteroatoms. The van der Waals surface area contributed by atoms with Crippen molar-refractivity contribution >= 4 is 11.8 Å². The predicted octanol–water partition coefficient (Wildman–Crippen LogP) is 0.0152. The molecule has 1 saturated heterocycles. The molecule has 72 valence electrons. The molecule has 2 rings (SSSR count). The van der Waals surface area contributed by atoms with Gasteiger partial charge in [0.2, 0.25) is 11.8 Å². The van der Waals surface area contributed by atoms with Crippen LogP contribution < -0.4 is 5.73 Å². The fourth-order valence-electron chi connectivity index (χ4n) is 2.05. The van der Waals surface area contributed by atoms with Crippen LogP contribution in [0.3, 0.4) is 0 Å². The van der Waals surface area contributed by atoms with Crippen LogP contribution in [0.5, 0.6) is 0 Å². The standard InChI is InChI=1S/C9H14N2O2/c1-9(8(10)13)5-4-7(12)11(9)6-2-3-6/h6H,2-5H2,1H3,(H2,10,13)/t9-/m1/s1.